The quantitative estimate of drug-likeness (QED) is 0.151. The van der Waals surface area contributed by atoms with Gasteiger partial charge in [-0.15, -0.1) is 0 Å². The Labute approximate surface area is 353 Å². The summed E-state index contributed by atoms with van der Waals surface area (Å²) in [6, 6.07) is 16.2. The number of nitrogens with zero attached hydrogens (tertiary/aromatic N) is 6. The van der Waals surface area contributed by atoms with Gasteiger partial charge in [-0.3, -0.25) is 38.7 Å². The standard InChI is InChI=1S/C43H50FN9O7S/c1-3-50(2)61(58,59)49-37-11-9-35(44)41(34(37)25-45)60-32-8-10-36-33(24-32)43(57)53(27-46-36)23-16-28-14-21-52(22-15-28)40(55)26-51-19-17-30(18-20-51)29-4-6-31(7-5-29)47-38-12-13-39(54)48-42(38)56/h4-11,24,27-28,30,38,47,49H,3,12-23,26H2,1-2H3,(H,48,54,56). The van der Waals surface area contributed by atoms with Crippen LogP contribution >= 0.6 is 0 Å². The monoisotopic (exact) mass is 855 g/mol. The molecule has 0 saturated carbocycles. The molecule has 61 heavy (non-hydrogen) atoms. The molecule has 0 spiro atoms. The van der Waals surface area contributed by atoms with E-state index in [1.807, 2.05) is 23.1 Å². The summed E-state index contributed by atoms with van der Waals surface area (Å²) in [6.07, 6.45) is 6.57. The second-order valence-electron chi connectivity index (χ2n) is 15.9. The van der Waals surface area contributed by atoms with E-state index < -0.39 is 27.8 Å². The molecule has 1 atom stereocenters. The summed E-state index contributed by atoms with van der Waals surface area (Å²) >= 11 is 0. The smallest absolute Gasteiger partial charge is 0.301 e. The highest BCUT2D eigenvalue weighted by atomic mass is 32.2. The SMILES string of the molecule is CCN(C)S(=O)(=O)Nc1ccc(F)c(Oc2ccc3ncn(CCC4CCN(C(=O)CN5CCC(c6ccc(NC7CCC(=O)NC7=O)cc6)CC5)CC4)c(=O)c3c2)c1C#N. The summed E-state index contributed by atoms with van der Waals surface area (Å²) in [4.78, 5) is 59.1. The lowest BCUT2D eigenvalue weighted by molar-refractivity contribution is -0.135. The van der Waals surface area contributed by atoms with E-state index in [0.29, 0.717) is 56.4 Å². The summed E-state index contributed by atoms with van der Waals surface area (Å²) in [5.74, 6) is -0.991. The van der Waals surface area contributed by atoms with Gasteiger partial charge >= 0.3 is 10.2 Å². The molecule has 3 aliphatic rings. The number of anilines is 2. The maximum Gasteiger partial charge on any atom is 0.301 e. The molecular formula is C43H50FN9O7S. The fourth-order valence-electron chi connectivity index (χ4n) is 8.11. The molecule has 3 amide bonds. The zero-order chi connectivity index (χ0) is 43.3. The van der Waals surface area contributed by atoms with Crippen LogP contribution in [-0.4, -0.2) is 102 Å². The predicted octanol–water partition coefficient (Wildman–Crippen LogP) is 4.53. The van der Waals surface area contributed by atoms with Crippen molar-refractivity contribution < 1.29 is 31.9 Å². The van der Waals surface area contributed by atoms with Crippen LogP contribution < -0.4 is 25.7 Å². The zero-order valence-corrected chi connectivity index (χ0v) is 35.0. The molecule has 0 radical (unpaired) electrons. The number of hydrogen-bond donors (Lipinski definition) is 3. The molecular weight excluding hydrogens is 806 g/mol. The summed E-state index contributed by atoms with van der Waals surface area (Å²) in [5.41, 5.74) is 1.67. The third kappa shape index (κ3) is 10.2. The van der Waals surface area contributed by atoms with Gasteiger partial charge in [0, 0.05) is 45.3 Å². The maximum atomic E-state index is 15.0. The highest BCUT2D eigenvalue weighted by Gasteiger charge is 2.29. The van der Waals surface area contributed by atoms with Crippen molar-refractivity contribution in [2.45, 2.75) is 70.4 Å². The van der Waals surface area contributed by atoms with Crippen LogP contribution in [0.15, 0.2) is 65.7 Å². The summed E-state index contributed by atoms with van der Waals surface area (Å²) in [7, 11) is -2.65. The van der Waals surface area contributed by atoms with E-state index in [4.69, 9.17) is 4.74 Å². The van der Waals surface area contributed by atoms with E-state index in [2.05, 4.69) is 37.4 Å². The molecule has 1 unspecified atom stereocenters. The van der Waals surface area contributed by atoms with Gasteiger partial charge in [0.15, 0.2) is 11.6 Å². The largest absolute Gasteiger partial charge is 0.453 e. The van der Waals surface area contributed by atoms with Gasteiger partial charge in [0.1, 0.15) is 23.4 Å². The lowest BCUT2D eigenvalue weighted by atomic mass is 9.89. The number of likely N-dealkylation sites (tertiary alicyclic amines) is 2. The fraction of sp³-hybridized carbons (Fsp3) is 0.442. The maximum absolute atomic E-state index is 15.0. The Morgan fingerprint density at radius 3 is 2.44 bits per heavy atom. The van der Waals surface area contributed by atoms with Crippen molar-refractivity contribution in [3.8, 4) is 17.6 Å². The van der Waals surface area contributed by atoms with Gasteiger partial charge in [0.05, 0.1) is 29.5 Å². The third-order valence-electron chi connectivity index (χ3n) is 12.0. The highest BCUT2D eigenvalue weighted by Crippen LogP contribution is 2.35. The number of amides is 3. The first kappa shape index (κ1) is 43.2. The molecule has 3 N–H and O–H groups in total. The van der Waals surface area contributed by atoms with Crippen LogP contribution in [0.5, 0.6) is 11.5 Å². The second-order valence-corrected chi connectivity index (χ2v) is 17.7. The highest BCUT2D eigenvalue weighted by molar-refractivity contribution is 7.90. The minimum Gasteiger partial charge on any atom is -0.453 e. The van der Waals surface area contributed by atoms with Crippen molar-refractivity contribution in [3.63, 3.8) is 0 Å². The number of nitrogens with one attached hydrogen (secondary N) is 3. The number of carbonyl (C=O) groups excluding carboxylic acids is 3. The second kappa shape index (κ2) is 18.8. The molecule has 322 valence electrons. The number of benzene rings is 3. The lowest BCUT2D eigenvalue weighted by Gasteiger charge is -2.36. The molecule has 1 aromatic heterocycles. The van der Waals surface area contributed by atoms with Gasteiger partial charge in [0.25, 0.3) is 5.56 Å². The van der Waals surface area contributed by atoms with E-state index >= 15 is 4.39 Å². The average molecular weight is 856 g/mol. The molecule has 4 aromatic rings. The Kier molecular flexibility index (Phi) is 13.3. The van der Waals surface area contributed by atoms with Crippen LogP contribution in [-0.2, 0) is 31.1 Å². The van der Waals surface area contributed by atoms with E-state index in [1.165, 1.54) is 35.6 Å². The fourth-order valence-corrected chi connectivity index (χ4v) is 9.05. The average Bonchev–Trinajstić information content (AvgIpc) is 3.26. The lowest BCUT2D eigenvalue weighted by Crippen LogP contribution is -2.47. The minimum atomic E-state index is -4.01. The molecule has 16 nitrogen and oxygen atoms in total. The third-order valence-corrected chi connectivity index (χ3v) is 13.5. The molecule has 18 heteroatoms. The Morgan fingerprint density at radius 1 is 1.02 bits per heavy atom. The molecule has 0 aliphatic carbocycles. The van der Waals surface area contributed by atoms with Gasteiger partial charge in [-0.1, -0.05) is 19.1 Å². The summed E-state index contributed by atoms with van der Waals surface area (Å²) in [6.45, 7) is 5.60. The Bertz CT molecular complexity index is 2490. The number of aryl methyl sites for hydroxylation is 1. The molecule has 3 aromatic carbocycles. The first-order valence-corrected chi connectivity index (χ1v) is 22.1. The number of nitriles is 1. The number of hydrogen-bond acceptors (Lipinski definition) is 11. The van der Waals surface area contributed by atoms with Gasteiger partial charge < -0.3 is 15.0 Å². The Balaban J connectivity index is 0.879. The number of ether oxygens (including phenoxy) is 1. The van der Waals surface area contributed by atoms with Gasteiger partial charge in [-0.05, 0) is 111 Å². The van der Waals surface area contributed by atoms with E-state index in [1.54, 1.807) is 13.0 Å². The summed E-state index contributed by atoms with van der Waals surface area (Å²) in [5, 5.41) is 15.7. The van der Waals surface area contributed by atoms with Crippen LogP contribution in [0.3, 0.4) is 0 Å². The topological polar surface area (TPSA) is 199 Å². The van der Waals surface area contributed by atoms with Crippen molar-refractivity contribution in [3.05, 3.63) is 88.2 Å². The van der Waals surface area contributed by atoms with Crippen LogP contribution in [0.1, 0.15) is 68.9 Å². The Hall–Kier alpha value is -5.90. The van der Waals surface area contributed by atoms with Crippen molar-refractivity contribution in [2.24, 2.45) is 5.92 Å². The number of halogens is 1. The zero-order valence-electron chi connectivity index (χ0n) is 34.2. The van der Waals surface area contributed by atoms with Gasteiger partial charge in [0.2, 0.25) is 17.7 Å². The minimum absolute atomic E-state index is 0.0690. The number of carbonyl (C=O) groups is 3. The van der Waals surface area contributed by atoms with Crippen molar-refractivity contribution in [1.82, 2.24) is 29.0 Å². The van der Waals surface area contributed by atoms with Gasteiger partial charge in [-0.2, -0.15) is 18.0 Å². The number of piperidine rings is 3. The van der Waals surface area contributed by atoms with E-state index in [0.717, 1.165) is 67.3 Å². The summed E-state index contributed by atoms with van der Waals surface area (Å²) < 4.78 is 50.9. The normalized spacial score (nSPS) is 18.2. The predicted molar refractivity (Wildman–Crippen MR) is 227 cm³/mol. The number of aromatic nitrogens is 2. The molecule has 4 heterocycles. The van der Waals surface area contributed by atoms with Gasteiger partial charge in [-0.25, -0.2) is 9.37 Å². The first-order chi connectivity index (χ1) is 29.3. The van der Waals surface area contributed by atoms with E-state index in [-0.39, 0.29) is 52.2 Å². The Morgan fingerprint density at radius 2 is 1.75 bits per heavy atom. The van der Waals surface area contributed by atoms with Crippen molar-refractivity contribution in [2.75, 3.05) is 56.4 Å². The molecule has 3 saturated heterocycles. The molecule has 7 rings (SSSR count). The molecule has 3 fully saturated rings. The van der Waals surface area contributed by atoms with Crippen molar-refractivity contribution >= 4 is 50.2 Å². The first-order valence-electron chi connectivity index (χ1n) is 20.7. The van der Waals surface area contributed by atoms with E-state index in [9.17, 15) is 32.9 Å². The van der Waals surface area contributed by atoms with Crippen molar-refractivity contribution in [1.29, 1.82) is 5.26 Å². The number of imide groups is 1. The van der Waals surface area contributed by atoms with Crippen LogP contribution in [0.2, 0.25) is 0 Å². The molecule has 0 bridgehead atoms. The number of rotatable bonds is 14. The number of fused-ring (bicyclic) bond motifs is 1. The van der Waals surface area contributed by atoms with Crippen LogP contribution in [0.25, 0.3) is 10.9 Å². The van der Waals surface area contributed by atoms with Crippen LogP contribution in [0, 0.1) is 23.1 Å². The molecule has 3 aliphatic heterocycles. The van der Waals surface area contributed by atoms with Crippen LogP contribution in [0.4, 0.5) is 15.8 Å².